The highest BCUT2D eigenvalue weighted by molar-refractivity contribution is 7.19. The number of anilines is 3. The van der Waals surface area contributed by atoms with E-state index in [0.717, 1.165) is 23.2 Å². The number of ether oxygens (including phenoxy) is 2. The molecule has 3 aromatic carbocycles. The third-order valence-electron chi connectivity index (χ3n) is 6.65. The van der Waals surface area contributed by atoms with Crippen molar-refractivity contribution in [3.8, 4) is 11.5 Å². The van der Waals surface area contributed by atoms with Crippen LogP contribution in [0.4, 0.5) is 17.1 Å². The van der Waals surface area contributed by atoms with E-state index in [0.29, 0.717) is 35.0 Å². The predicted octanol–water partition coefficient (Wildman–Crippen LogP) is 4.56. The summed E-state index contributed by atoms with van der Waals surface area (Å²) in [5, 5.41) is 5.88. The van der Waals surface area contributed by atoms with E-state index in [9.17, 15) is 9.59 Å². The number of methoxy groups -OCH3 is 1. The number of carbonyl (C=O) groups excluding carboxylic acids is 2. The van der Waals surface area contributed by atoms with E-state index in [-0.39, 0.29) is 24.5 Å². The second kappa shape index (κ2) is 11.8. The van der Waals surface area contributed by atoms with Gasteiger partial charge >= 0.3 is 0 Å². The second-order valence-corrected chi connectivity index (χ2v) is 10.2. The highest BCUT2D eigenvalue weighted by Crippen LogP contribution is 2.39. The zero-order valence-corrected chi connectivity index (χ0v) is 23.7. The van der Waals surface area contributed by atoms with Crippen LogP contribution < -0.4 is 29.7 Å². The molecule has 1 heterocycles. The van der Waals surface area contributed by atoms with Gasteiger partial charge in [0.15, 0.2) is 11.5 Å². The summed E-state index contributed by atoms with van der Waals surface area (Å²) in [7, 11) is 7.79. The Morgan fingerprint density at radius 3 is 2.61 bits per heavy atom. The predicted molar refractivity (Wildman–Crippen MR) is 156 cm³/mol. The Morgan fingerprint density at radius 2 is 1.89 bits per heavy atom. The molecular weight excluding hydrogens is 499 g/mol. The molecule has 0 saturated carbocycles. The maximum Gasteiger partial charge on any atom is 0.260 e. The summed E-state index contributed by atoms with van der Waals surface area (Å²) < 4.78 is 13.7. The summed E-state index contributed by atoms with van der Waals surface area (Å²) in [6, 6.07) is 17.1. The van der Waals surface area contributed by atoms with E-state index < -0.39 is 0 Å². The van der Waals surface area contributed by atoms with Gasteiger partial charge in [0.1, 0.15) is 6.61 Å². The van der Waals surface area contributed by atoms with Crippen molar-refractivity contribution in [1.82, 2.24) is 5.32 Å². The molecule has 0 aliphatic carbocycles. The van der Waals surface area contributed by atoms with Crippen LogP contribution in [0, 0.1) is 6.92 Å². The van der Waals surface area contributed by atoms with E-state index in [1.54, 1.807) is 27.1 Å². The lowest BCUT2D eigenvalue weighted by atomic mass is 10.1. The summed E-state index contributed by atoms with van der Waals surface area (Å²) in [6.45, 7) is 4.67. The number of nitrogens with one attached hydrogen (secondary N) is 2. The Labute approximate surface area is 226 Å². The lowest BCUT2D eigenvalue weighted by Gasteiger charge is -2.24. The molecule has 9 heteroatoms. The normalized spacial score (nSPS) is 13.1. The van der Waals surface area contributed by atoms with Crippen LogP contribution in [0.5, 0.6) is 11.5 Å². The van der Waals surface area contributed by atoms with Crippen LogP contribution in [-0.2, 0) is 17.8 Å². The van der Waals surface area contributed by atoms with Gasteiger partial charge in [-0.3, -0.25) is 9.59 Å². The number of hydrogen-bond donors (Lipinski definition) is 2. The zero-order chi connectivity index (χ0) is 27.4. The molecule has 1 aliphatic rings. The number of benzene rings is 3. The number of para-hydroxylation sites is 1. The minimum absolute atomic E-state index is 0.0843. The number of hydrogen-bond acceptors (Lipinski definition) is 6. The number of aryl methyl sites for hydroxylation is 1. The van der Waals surface area contributed by atoms with E-state index in [2.05, 4.69) is 26.1 Å². The minimum Gasteiger partial charge on any atom is -0.493 e. The highest BCUT2D eigenvalue weighted by atomic mass is 31.0. The smallest absolute Gasteiger partial charge is 0.260 e. The molecule has 0 saturated heterocycles. The molecule has 4 rings (SSSR count). The fourth-order valence-electron chi connectivity index (χ4n) is 4.54. The number of likely N-dealkylation sites (N-methyl/N-ethyl adjacent to an activating group) is 1. The first-order valence-corrected chi connectivity index (χ1v) is 13.0. The first kappa shape index (κ1) is 27.4. The number of amides is 2. The van der Waals surface area contributed by atoms with Crippen molar-refractivity contribution >= 4 is 38.3 Å². The van der Waals surface area contributed by atoms with Gasteiger partial charge in [-0.1, -0.05) is 24.3 Å². The van der Waals surface area contributed by atoms with E-state index in [1.807, 2.05) is 66.0 Å². The van der Waals surface area contributed by atoms with Gasteiger partial charge in [-0.25, -0.2) is 0 Å². The number of rotatable bonds is 9. The van der Waals surface area contributed by atoms with Crippen LogP contribution >= 0.6 is 9.39 Å². The van der Waals surface area contributed by atoms with Crippen LogP contribution in [0.3, 0.4) is 0 Å². The molecule has 38 heavy (non-hydrogen) atoms. The van der Waals surface area contributed by atoms with Crippen LogP contribution in [0.15, 0.2) is 54.6 Å². The number of nitrogens with zero attached hydrogens (tertiary/aromatic N) is 2. The maximum absolute atomic E-state index is 13.7. The molecule has 0 radical (unpaired) electrons. The van der Waals surface area contributed by atoms with Crippen molar-refractivity contribution in [3.05, 3.63) is 76.9 Å². The Bertz CT molecular complexity index is 1340. The van der Waals surface area contributed by atoms with Crippen molar-refractivity contribution in [2.45, 2.75) is 32.9 Å². The van der Waals surface area contributed by atoms with Gasteiger partial charge in [-0.05, 0) is 77.7 Å². The minimum atomic E-state index is -0.308. The molecule has 200 valence electrons. The topological polar surface area (TPSA) is 83.1 Å². The molecule has 0 spiro atoms. The Morgan fingerprint density at radius 1 is 1.13 bits per heavy atom. The van der Waals surface area contributed by atoms with Crippen molar-refractivity contribution < 1.29 is 19.1 Å². The summed E-state index contributed by atoms with van der Waals surface area (Å²) in [5.74, 6) is 0.797. The van der Waals surface area contributed by atoms with E-state index >= 15 is 0 Å². The van der Waals surface area contributed by atoms with Crippen LogP contribution in [0.25, 0.3) is 0 Å². The molecule has 0 bridgehead atoms. The van der Waals surface area contributed by atoms with Crippen molar-refractivity contribution in [3.63, 3.8) is 0 Å². The van der Waals surface area contributed by atoms with Gasteiger partial charge in [-0.2, -0.15) is 0 Å². The summed E-state index contributed by atoms with van der Waals surface area (Å²) in [6.07, 6.45) is 0.832. The SMILES string of the molecule is CNC(C)C(=O)Nc1cc(C)cc(COc2cc(N(C)P)c(C(=O)N3CCc4ccccc43)cc2OC)c1. The van der Waals surface area contributed by atoms with Crippen LogP contribution in [0.1, 0.15) is 34.0 Å². The van der Waals surface area contributed by atoms with Gasteiger partial charge in [0.05, 0.1) is 24.4 Å². The van der Waals surface area contributed by atoms with Gasteiger partial charge in [-0.15, -0.1) is 0 Å². The first-order valence-electron chi connectivity index (χ1n) is 12.5. The van der Waals surface area contributed by atoms with Crippen LogP contribution in [0.2, 0.25) is 0 Å². The molecule has 8 nitrogen and oxygen atoms in total. The number of carbonyl (C=O) groups is 2. The molecule has 0 fully saturated rings. The van der Waals surface area contributed by atoms with Gasteiger partial charge in [0.25, 0.3) is 5.91 Å². The quantitative estimate of drug-likeness (QED) is 0.392. The molecular formula is C29H35N4O4P. The maximum atomic E-state index is 13.7. The van der Waals surface area contributed by atoms with Gasteiger partial charge in [0, 0.05) is 31.0 Å². The zero-order valence-electron chi connectivity index (χ0n) is 22.5. The largest absolute Gasteiger partial charge is 0.493 e. The van der Waals surface area contributed by atoms with Gasteiger partial charge in [0.2, 0.25) is 5.91 Å². The van der Waals surface area contributed by atoms with Crippen molar-refractivity contribution in [2.75, 3.05) is 42.6 Å². The van der Waals surface area contributed by atoms with Crippen LogP contribution in [-0.4, -0.2) is 45.6 Å². The molecule has 2 atom stereocenters. The molecule has 2 amide bonds. The highest BCUT2D eigenvalue weighted by Gasteiger charge is 2.28. The molecule has 3 aromatic rings. The van der Waals surface area contributed by atoms with E-state index in [1.165, 1.54) is 5.56 Å². The Balaban J connectivity index is 1.59. The molecule has 2 unspecified atom stereocenters. The van der Waals surface area contributed by atoms with Crippen molar-refractivity contribution in [2.24, 2.45) is 0 Å². The Kier molecular flexibility index (Phi) is 8.55. The summed E-state index contributed by atoms with van der Waals surface area (Å²) in [4.78, 5) is 27.8. The van der Waals surface area contributed by atoms with Gasteiger partial charge < -0.3 is 29.7 Å². The fourth-order valence-corrected chi connectivity index (χ4v) is 4.75. The lowest BCUT2D eigenvalue weighted by Crippen LogP contribution is -2.35. The monoisotopic (exact) mass is 534 g/mol. The lowest BCUT2D eigenvalue weighted by molar-refractivity contribution is -0.117. The average Bonchev–Trinajstić information content (AvgIpc) is 3.34. The fraction of sp³-hybridized carbons (Fsp3) is 0.310. The molecule has 1 aliphatic heterocycles. The summed E-state index contributed by atoms with van der Waals surface area (Å²) in [5.41, 5.74) is 5.96. The average molecular weight is 535 g/mol. The number of fused-ring (bicyclic) bond motifs is 1. The third-order valence-corrected chi connectivity index (χ3v) is 6.93. The van der Waals surface area contributed by atoms with Crippen molar-refractivity contribution in [1.29, 1.82) is 0 Å². The Hall–Kier alpha value is -3.61. The summed E-state index contributed by atoms with van der Waals surface area (Å²) >= 11 is 0. The standard InChI is InChI=1S/C29H35N4O4P/c1-18-12-20(14-22(13-18)31-28(34)19(2)30-3)17-37-27-16-25(32(4)38)23(15-26(27)36-5)29(35)33-11-10-21-8-6-7-9-24(21)33/h6-9,12-16,19,30H,10-11,17,38H2,1-5H3,(H,31,34). The van der Waals surface area contributed by atoms with E-state index in [4.69, 9.17) is 9.47 Å². The molecule has 2 N–H and O–H groups in total. The first-order chi connectivity index (χ1) is 18.2. The second-order valence-electron chi connectivity index (χ2n) is 9.46. The third kappa shape index (κ3) is 5.93. The molecule has 0 aromatic heterocycles.